The Hall–Kier alpha value is -2.07. The van der Waals surface area contributed by atoms with Crippen LogP contribution in [0, 0.1) is 24.2 Å². The molecule has 1 heterocycles. The number of aryl methyl sites for hydroxylation is 1. The Balaban J connectivity index is 1.40. The summed E-state index contributed by atoms with van der Waals surface area (Å²) in [5.41, 5.74) is 4.93. The summed E-state index contributed by atoms with van der Waals surface area (Å²) < 4.78 is 5.82. The number of rotatable bonds is 4. The molecule has 0 spiro atoms. The van der Waals surface area contributed by atoms with Gasteiger partial charge in [-0.15, -0.1) is 0 Å². The first-order chi connectivity index (χ1) is 12.5. The monoisotopic (exact) mass is 370 g/mol. The van der Waals surface area contributed by atoms with E-state index in [0.29, 0.717) is 16.7 Å². The Bertz CT molecular complexity index is 873. The highest BCUT2D eigenvalue weighted by atomic mass is 35.5. The van der Waals surface area contributed by atoms with Crippen LogP contribution in [-0.2, 0) is 4.79 Å². The molecule has 2 fully saturated rings. The van der Waals surface area contributed by atoms with Gasteiger partial charge in [-0.1, -0.05) is 37.4 Å². The first-order valence-corrected chi connectivity index (χ1v) is 9.56. The van der Waals surface area contributed by atoms with E-state index in [0.717, 1.165) is 23.3 Å². The Morgan fingerprint density at radius 1 is 1.35 bits per heavy atom. The van der Waals surface area contributed by atoms with E-state index in [1.54, 1.807) is 6.21 Å². The van der Waals surface area contributed by atoms with Crippen LogP contribution in [0.25, 0.3) is 11.3 Å². The number of hydrogen-bond acceptors (Lipinski definition) is 3. The Morgan fingerprint density at radius 2 is 2.19 bits per heavy atom. The molecule has 4 rings (SSSR count). The van der Waals surface area contributed by atoms with Gasteiger partial charge >= 0.3 is 0 Å². The van der Waals surface area contributed by atoms with E-state index in [9.17, 15) is 4.79 Å². The third-order valence-corrected chi connectivity index (χ3v) is 6.31. The number of hydrazone groups is 1. The lowest BCUT2D eigenvalue weighted by Crippen LogP contribution is -2.22. The lowest BCUT2D eigenvalue weighted by Gasteiger charge is -2.15. The summed E-state index contributed by atoms with van der Waals surface area (Å²) in [6.45, 7) is 4.24. The smallest absolute Gasteiger partial charge is 0.244 e. The van der Waals surface area contributed by atoms with Crippen molar-refractivity contribution in [3.63, 3.8) is 0 Å². The zero-order chi connectivity index (χ0) is 18.3. The van der Waals surface area contributed by atoms with Crippen LogP contribution in [0.2, 0.25) is 5.02 Å². The number of nitrogens with zero attached hydrogens (tertiary/aromatic N) is 1. The summed E-state index contributed by atoms with van der Waals surface area (Å²) in [7, 11) is 0. The number of furan rings is 1. The van der Waals surface area contributed by atoms with Crippen molar-refractivity contribution >= 4 is 23.7 Å². The molecule has 0 radical (unpaired) electrons. The second-order valence-electron chi connectivity index (χ2n) is 7.73. The highest BCUT2D eigenvalue weighted by molar-refractivity contribution is 6.30. The zero-order valence-electron chi connectivity index (χ0n) is 15.1. The van der Waals surface area contributed by atoms with Gasteiger partial charge in [0.15, 0.2) is 0 Å². The largest absolute Gasteiger partial charge is 0.455 e. The van der Waals surface area contributed by atoms with Crippen LogP contribution in [0.15, 0.2) is 39.9 Å². The lowest BCUT2D eigenvalue weighted by molar-refractivity contribution is -0.123. The number of benzene rings is 1. The molecule has 4 nitrogen and oxygen atoms in total. The second-order valence-corrected chi connectivity index (χ2v) is 8.17. The number of carbonyl (C=O) groups excluding carboxylic acids is 1. The molecule has 1 aromatic carbocycles. The molecule has 0 bridgehead atoms. The number of fused-ring (bicyclic) bond motifs is 1. The van der Waals surface area contributed by atoms with Gasteiger partial charge in [-0.05, 0) is 60.9 Å². The molecule has 26 heavy (non-hydrogen) atoms. The van der Waals surface area contributed by atoms with Crippen molar-refractivity contribution < 1.29 is 9.21 Å². The van der Waals surface area contributed by atoms with E-state index < -0.39 is 0 Å². The third kappa shape index (κ3) is 3.07. The van der Waals surface area contributed by atoms with Crippen LogP contribution >= 0.6 is 11.6 Å². The van der Waals surface area contributed by atoms with Crippen molar-refractivity contribution in [2.45, 2.75) is 39.5 Å². The number of nitrogens with one attached hydrogen (secondary N) is 1. The Kier molecular flexibility index (Phi) is 4.39. The van der Waals surface area contributed by atoms with Gasteiger partial charge in [0.1, 0.15) is 11.5 Å². The number of halogens is 1. The number of amides is 1. The van der Waals surface area contributed by atoms with E-state index in [1.807, 2.05) is 37.3 Å². The highest BCUT2D eigenvalue weighted by Gasteiger charge is 2.64. The van der Waals surface area contributed by atoms with Gasteiger partial charge < -0.3 is 4.42 Å². The minimum absolute atomic E-state index is 0.0353. The molecule has 2 aliphatic rings. The summed E-state index contributed by atoms with van der Waals surface area (Å²) in [6, 6.07) is 9.43. The van der Waals surface area contributed by atoms with Gasteiger partial charge in [-0.3, -0.25) is 4.79 Å². The van der Waals surface area contributed by atoms with Gasteiger partial charge in [-0.2, -0.15) is 5.10 Å². The van der Waals surface area contributed by atoms with Gasteiger partial charge in [-0.25, -0.2) is 5.43 Å². The minimum Gasteiger partial charge on any atom is -0.455 e. The fourth-order valence-electron chi connectivity index (χ4n) is 4.51. The van der Waals surface area contributed by atoms with Crippen LogP contribution in [0.1, 0.15) is 43.9 Å². The fraction of sp³-hybridized carbons (Fsp3) is 0.429. The number of hydrogen-bond donors (Lipinski definition) is 1. The summed E-state index contributed by atoms with van der Waals surface area (Å²) in [6.07, 6.45) is 6.35. The molecule has 2 aromatic rings. The lowest BCUT2D eigenvalue weighted by atomic mass is 9.90. The van der Waals surface area contributed by atoms with Crippen LogP contribution in [0.4, 0.5) is 0 Å². The average molecular weight is 371 g/mol. The topological polar surface area (TPSA) is 54.6 Å². The third-order valence-electron chi connectivity index (χ3n) is 6.07. The van der Waals surface area contributed by atoms with Crippen molar-refractivity contribution in [2.75, 3.05) is 0 Å². The van der Waals surface area contributed by atoms with Crippen molar-refractivity contribution in [1.29, 1.82) is 0 Å². The molecule has 0 saturated heterocycles. The summed E-state index contributed by atoms with van der Waals surface area (Å²) in [4.78, 5) is 12.4. The molecular weight excluding hydrogens is 348 g/mol. The zero-order valence-corrected chi connectivity index (χ0v) is 15.8. The van der Waals surface area contributed by atoms with Crippen LogP contribution in [0.5, 0.6) is 0 Å². The van der Waals surface area contributed by atoms with E-state index >= 15 is 0 Å². The molecule has 136 valence electrons. The molecule has 1 aromatic heterocycles. The maximum Gasteiger partial charge on any atom is 0.244 e. The Morgan fingerprint density at radius 3 is 2.96 bits per heavy atom. The standard InChI is InChI=1S/C21H23ClN2O2/c1-13-6-7-14(22)11-16(13)18-9-8-15(26-18)12-23-24-20(25)19-17-5-3-4-10-21(17,19)2/h6-9,11-12,17,19H,3-5,10H2,1-2H3,(H,24,25)/b23-12-/t17-,19-,21+/m1/s1. The van der Waals surface area contributed by atoms with Crippen molar-refractivity contribution in [3.05, 3.63) is 46.7 Å². The maximum absolute atomic E-state index is 12.4. The van der Waals surface area contributed by atoms with Crippen LogP contribution in [-0.4, -0.2) is 12.1 Å². The summed E-state index contributed by atoms with van der Waals surface area (Å²) >= 11 is 6.08. The van der Waals surface area contributed by atoms with Gasteiger partial charge in [0.2, 0.25) is 5.91 Å². The molecule has 5 heteroatoms. The summed E-state index contributed by atoms with van der Waals surface area (Å²) in [5, 5.41) is 4.76. The van der Waals surface area contributed by atoms with Gasteiger partial charge in [0, 0.05) is 16.5 Å². The average Bonchev–Trinajstić information content (AvgIpc) is 2.98. The predicted octanol–water partition coefficient (Wildman–Crippen LogP) is 5.18. The van der Waals surface area contributed by atoms with Crippen LogP contribution in [0.3, 0.4) is 0 Å². The molecule has 0 aliphatic heterocycles. The van der Waals surface area contributed by atoms with E-state index in [-0.39, 0.29) is 17.2 Å². The van der Waals surface area contributed by atoms with E-state index in [2.05, 4.69) is 17.5 Å². The normalized spacial score (nSPS) is 27.3. The summed E-state index contributed by atoms with van der Waals surface area (Å²) in [5.74, 6) is 2.02. The quantitative estimate of drug-likeness (QED) is 0.595. The van der Waals surface area contributed by atoms with Gasteiger partial charge in [0.05, 0.1) is 6.21 Å². The second kappa shape index (κ2) is 6.58. The van der Waals surface area contributed by atoms with Crippen LogP contribution < -0.4 is 5.43 Å². The first kappa shape index (κ1) is 17.3. The molecular formula is C21H23ClN2O2. The van der Waals surface area contributed by atoms with E-state index in [1.165, 1.54) is 19.3 Å². The number of carbonyl (C=O) groups is 1. The van der Waals surface area contributed by atoms with E-state index in [4.69, 9.17) is 16.0 Å². The Labute approximate surface area is 158 Å². The molecule has 1 amide bonds. The van der Waals surface area contributed by atoms with Gasteiger partial charge in [0.25, 0.3) is 0 Å². The molecule has 2 aliphatic carbocycles. The highest BCUT2D eigenvalue weighted by Crippen LogP contribution is 2.66. The molecule has 2 saturated carbocycles. The van der Waals surface area contributed by atoms with Crippen molar-refractivity contribution in [1.82, 2.24) is 5.43 Å². The molecule has 1 N–H and O–H groups in total. The first-order valence-electron chi connectivity index (χ1n) is 9.18. The minimum atomic E-state index is 0.0353. The maximum atomic E-state index is 12.4. The predicted molar refractivity (Wildman–Crippen MR) is 103 cm³/mol. The SMILES string of the molecule is Cc1ccc(Cl)cc1-c1ccc(/C=N\NC(=O)[C@H]2[C@H]3CCCC[C@@]32C)o1. The van der Waals surface area contributed by atoms with Crippen molar-refractivity contribution in [3.8, 4) is 11.3 Å². The molecule has 0 unspecified atom stereocenters. The van der Waals surface area contributed by atoms with Crippen molar-refractivity contribution in [2.24, 2.45) is 22.4 Å². The fourth-order valence-corrected chi connectivity index (χ4v) is 4.68. The molecule has 3 atom stereocenters.